The molecule has 174 valence electrons. The van der Waals surface area contributed by atoms with Crippen molar-refractivity contribution in [1.82, 2.24) is 10.2 Å². The van der Waals surface area contributed by atoms with Crippen molar-refractivity contribution >= 4 is 34.9 Å². The summed E-state index contributed by atoms with van der Waals surface area (Å²) in [7, 11) is 1.83. The lowest BCUT2D eigenvalue weighted by atomic mass is 9.95. The fourth-order valence-electron chi connectivity index (χ4n) is 4.29. The highest BCUT2D eigenvalue weighted by molar-refractivity contribution is 7.80. The Kier molecular flexibility index (Phi) is 8.29. The van der Waals surface area contributed by atoms with Crippen molar-refractivity contribution in [3.05, 3.63) is 41.1 Å². The number of benzene rings is 1. The second-order valence-corrected chi connectivity index (χ2v) is 9.68. The highest BCUT2D eigenvalue weighted by atomic mass is 32.1. The summed E-state index contributed by atoms with van der Waals surface area (Å²) in [6, 6.07) is 7.18. The third-order valence-corrected chi connectivity index (χ3v) is 6.70. The number of hydrogen-bond donors (Lipinski definition) is 2. The Hall–Kier alpha value is -2.41. The maximum Gasteiger partial charge on any atom is 0.338 e. The molecule has 0 radical (unpaired) electrons. The predicted molar refractivity (Wildman–Crippen MR) is 131 cm³/mol. The smallest absolute Gasteiger partial charge is 0.338 e. The highest BCUT2D eigenvalue weighted by Crippen LogP contribution is 2.32. The molecular formula is C25H35N3O3S. The summed E-state index contributed by atoms with van der Waals surface area (Å²) in [5.41, 5.74) is 2.97. The van der Waals surface area contributed by atoms with E-state index < -0.39 is 6.04 Å². The molecule has 0 spiro atoms. The van der Waals surface area contributed by atoms with Gasteiger partial charge in [0.15, 0.2) is 5.11 Å². The predicted octanol–water partition coefficient (Wildman–Crippen LogP) is 4.93. The van der Waals surface area contributed by atoms with Crippen LogP contribution in [0.3, 0.4) is 0 Å². The fraction of sp³-hybridized carbons (Fsp3) is 0.560. The number of nitrogens with one attached hydrogen (secondary N) is 2. The van der Waals surface area contributed by atoms with Crippen molar-refractivity contribution in [2.75, 3.05) is 19.0 Å². The van der Waals surface area contributed by atoms with Gasteiger partial charge in [-0.2, -0.15) is 0 Å². The summed E-state index contributed by atoms with van der Waals surface area (Å²) in [5.74, 6) is 0.667. The Labute approximate surface area is 196 Å². The van der Waals surface area contributed by atoms with E-state index in [1.807, 2.05) is 52.1 Å². The number of anilines is 1. The first-order valence-corrected chi connectivity index (χ1v) is 12.0. The van der Waals surface area contributed by atoms with Crippen molar-refractivity contribution in [3.63, 3.8) is 0 Å². The van der Waals surface area contributed by atoms with Crippen LogP contribution in [-0.4, -0.2) is 35.5 Å². The van der Waals surface area contributed by atoms with Gasteiger partial charge in [-0.05, 0) is 55.1 Å². The van der Waals surface area contributed by atoms with E-state index in [2.05, 4.69) is 10.6 Å². The number of nitrogens with zero attached hydrogens (tertiary/aromatic N) is 1. The molecule has 1 aliphatic carbocycles. The monoisotopic (exact) mass is 457 g/mol. The number of allylic oxidation sites excluding steroid dienone is 1. The second kappa shape index (κ2) is 10.9. The van der Waals surface area contributed by atoms with Gasteiger partial charge in [0.25, 0.3) is 0 Å². The van der Waals surface area contributed by atoms with Crippen LogP contribution in [-0.2, 0) is 14.3 Å². The minimum atomic E-state index is -0.398. The Bertz CT molecular complexity index is 873. The van der Waals surface area contributed by atoms with E-state index >= 15 is 0 Å². The van der Waals surface area contributed by atoms with Crippen LogP contribution < -0.4 is 10.6 Å². The van der Waals surface area contributed by atoms with Gasteiger partial charge in [0, 0.05) is 24.9 Å². The van der Waals surface area contributed by atoms with E-state index in [9.17, 15) is 9.59 Å². The summed E-state index contributed by atoms with van der Waals surface area (Å²) >= 11 is 5.46. The minimum Gasteiger partial charge on any atom is -0.462 e. The SMILES string of the molecule is CC1=C(C(=O)OCC(C)C)[C@@H](c2ccc(NC(=O)CCC3CCCC3)cc2)NC(=S)N1C. The van der Waals surface area contributed by atoms with Crippen LogP contribution in [0.4, 0.5) is 5.69 Å². The first-order chi connectivity index (χ1) is 15.3. The Morgan fingerprint density at radius 1 is 1.22 bits per heavy atom. The zero-order valence-electron chi connectivity index (χ0n) is 19.6. The number of rotatable bonds is 8. The maximum atomic E-state index is 12.9. The van der Waals surface area contributed by atoms with E-state index in [1.54, 1.807) is 4.90 Å². The van der Waals surface area contributed by atoms with E-state index in [0.29, 0.717) is 29.6 Å². The van der Waals surface area contributed by atoms with Crippen LogP contribution in [0.25, 0.3) is 0 Å². The van der Waals surface area contributed by atoms with Crippen LogP contribution in [0, 0.1) is 11.8 Å². The van der Waals surface area contributed by atoms with Crippen LogP contribution in [0.5, 0.6) is 0 Å². The molecule has 0 aromatic heterocycles. The molecule has 1 amide bonds. The molecule has 1 aromatic carbocycles. The number of hydrogen-bond acceptors (Lipinski definition) is 4. The van der Waals surface area contributed by atoms with Gasteiger partial charge in [0.2, 0.25) is 5.91 Å². The molecule has 7 heteroatoms. The van der Waals surface area contributed by atoms with Gasteiger partial charge in [-0.25, -0.2) is 4.79 Å². The first-order valence-electron chi connectivity index (χ1n) is 11.6. The lowest BCUT2D eigenvalue weighted by Crippen LogP contribution is -2.46. The van der Waals surface area contributed by atoms with E-state index in [1.165, 1.54) is 25.7 Å². The minimum absolute atomic E-state index is 0.0527. The van der Waals surface area contributed by atoms with Gasteiger partial charge in [-0.1, -0.05) is 51.7 Å². The first kappa shape index (κ1) is 24.2. The third kappa shape index (κ3) is 6.09. The second-order valence-electron chi connectivity index (χ2n) is 9.29. The van der Waals surface area contributed by atoms with E-state index in [-0.39, 0.29) is 17.8 Å². The quantitative estimate of drug-likeness (QED) is 0.426. The highest BCUT2D eigenvalue weighted by Gasteiger charge is 2.33. The van der Waals surface area contributed by atoms with Crippen LogP contribution in [0.1, 0.15) is 70.9 Å². The molecule has 6 nitrogen and oxygen atoms in total. The molecule has 0 bridgehead atoms. The zero-order chi connectivity index (χ0) is 23.3. The molecule has 1 heterocycles. The van der Waals surface area contributed by atoms with Crippen LogP contribution in [0.15, 0.2) is 35.5 Å². The molecular weight excluding hydrogens is 422 g/mol. The summed E-state index contributed by atoms with van der Waals surface area (Å²) in [4.78, 5) is 27.0. The van der Waals surface area contributed by atoms with Crippen molar-refractivity contribution in [3.8, 4) is 0 Å². The third-order valence-electron chi connectivity index (χ3n) is 6.30. The molecule has 1 aromatic rings. The lowest BCUT2D eigenvalue weighted by molar-refractivity contribution is -0.140. The Balaban J connectivity index is 1.69. The number of carbonyl (C=O) groups is 2. The standard InChI is InChI=1S/C25H35N3O3S/c1-16(2)15-31-24(30)22-17(3)28(4)25(32)27-23(22)19-10-12-20(13-11-19)26-21(29)14-9-18-7-5-6-8-18/h10-13,16,18,23H,5-9,14-15H2,1-4H3,(H,26,29)(H,27,32)/t23-/m1/s1. The summed E-state index contributed by atoms with van der Waals surface area (Å²) < 4.78 is 5.53. The Morgan fingerprint density at radius 3 is 2.50 bits per heavy atom. The average Bonchev–Trinajstić information content (AvgIpc) is 3.28. The maximum absolute atomic E-state index is 12.9. The molecule has 3 rings (SSSR count). The lowest BCUT2D eigenvalue weighted by Gasteiger charge is -2.35. The molecule has 1 fully saturated rings. The summed E-state index contributed by atoms with van der Waals surface area (Å²) in [6.07, 6.45) is 6.62. The number of thiocarbonyl (C=S) groups is 1. The fourth-order valence-corrected chi connectivity index (χ4v) is 4.54. The molecule has 1 atom stereocenters. The van der Waals surface area contributed by atoms with E-state index in [4.69, 9.17) is 17.0 Å². The summed E-state index contributed by atoms with van der Waals surface area (Å²) in [6.45, 7) is 6.26. The summed E-state index contributed by atoms with van der Waals surface area (Å²) in [5, 5.41) is 6.80. The number of carbonyl (C=O) groups excluding carboxylic acids is 2. The molecule has 2 N–H and O–H groups in total. The molecule has 32 heavy (non-hydrogen) atoms. The Morgan fingerprint density at radius 2 is 1.88 bits per heavy atom. The van der Waals surface area contributed by atoms with Crippen LogP contribution in [0.2, 0.25) is 0 Å². The van der Waals surface area contributed by atoms with Crippen molar-refractivity contribution in [2.24, 2.45) is 11.8 Å². The molecule has 1 saturated carbocycles. The topological polar surface area (TPSA) is 70.7 Å². The zero-order valence-corrected chi connectivity index (χ0v) is 20.4. The van der Waals surface area contributed by atoms with Crippen LogP contribution >= 0.6 is 12.2 Å². The largest absolute Gasteiger partial charge is 0.462 e. The van der Waals surface area contributed by atoms with Crippen molar-refractivity contribution in [1.29, 1.82) is 0 Å². The van der Waals surface area contributed by atoms with Crippen molar-refractivity contribution < 1.29 is 14.3 Å². The molecule has 2 aliphatic rings. The van der Waals surface area contributed by atoms with E-state index in [0.717, 1.165) is 23.4 Å². The number of esters is 1. The molecule has 1 aliphatic heterocycles. The normalized spacial score (nSPS) is 19.3. The van der Waals surface area contributed by atoms with Gasteiger partial charge in [-0.15, -0.1) is 0 Å². The van der Waals surface area contributed by atoms with Gasteiger partial charge in [0.1, 0.15) is 0 Å². The average molecular weight is 458 g/mol. The van der Waals surface area contributed by atoms with Gasteiger partial charge >= 0.3 is 5.97 Å². The van der Waals surface area contributed by atoms with Crippen molar-refractivity contribution in [2.45, 2.75) is 65.3 Å². The van der Waals surface area contributed by atoms with Gasteiger partial charge in [-0.3, -0.25) is 4.79 Å². The number of amides is 1. The number of ether oxygens (including phenoxy) is 1. The molecule has 0 unspecified atom stereocenters. The molecule has 0 saturated heterocycles. The van der Waals surface area contributed by atoms with Gasteiger partial charge < -0.3 is 20.3 Å². The van der Waals surface area contributed by atoms with Gasteiger partial charge in [0.05, 0.1) is 18.2 Å².